The lowest BCUT2D eigenvalue weighted by Gasteiger charge is -2.52. The Labute approximate surface area is 211 Å². The van der Waals surface area contributed by atoms with Crippen LogP contribution < -0.4 is 10.2 Å². The van der Waals surface area contributed by atoms with Gasteiger partial charge in [-0.05, 0) is 43.5 Å². The second-order valence-electron chi connectivity index (χ2n) is 8.95. The quantitative estimate of drug-likeness (QED) is 0.628. The Bertz CT molecular complexity index is 1350. The monoisotopic (exact) mass is 508 g/mol. The molecule has 3 heterocycles. The molecule has 0 aromatic heterocycles. The Morgan fingerprint density at radius 1 is 1.03 bits per heavy atom. The summed E-state index contributed by atoms with van der Waals surface area (Å²) in [5, 5.41) is 5.08. The van der Waals surface area contributed by atoms with Crippen LogP contribution >= 0.6 is 11.8 Å². The van der Waals surface area contributed by atoms with E-state index in [1.54, 1.807) is 29.2 Å². The fourth-order valence-corrected chi connectivity index (χ4v) is 5.60. The number of carbonyl (C=O) groups excluding carboxylic acids is 3. The van der Waals surface area contributed by atoms with Crippen molar-refractivity contribution >= 4 is 35.3 Å². The highest BCUT2D eigenvalue weighted by molar-refractivity contribution is 8.02. The molecule has 1 N–H and O–H groups in total. The Kier molecular flexibility index (Phi) is 5.96. The van der Waals surface area contributed by atoms with Crippen molar-refractivity contribution in [2.45, 2.75) is 31.3 Å². The smallest absolute Gasteiger partial charge is 0.332 e. The van der Waals surface area contributed by atoms with E-state index >= 15 is 8.78 Å². The predicted octanol–water partition coefficient (Wildman–Crippen LogP) is 3.61. The molecule has 2 unspecified atom stereocenters. The molecule has 2 saturated heterocycles. The fraction of sp³-hybridized carbons (Fsp3) is 0.269. The molecule has 7 nitrogen and oxygen atoms in total. The van der Waals surface area contributed by atoms with Crippen LogP contribution in [0.2, 0.25) is 0 Å². The number of urea groups is 1. The van der Waals surface area contributed by atoms with E-state index in [0.29, 0.717) is 10.5 Å². The molecule has 3 aliphatic rings. The number of nitrogens with one attached hydrogen (secondary N) is 1. The minimum Gasteiger partial charge on any atom is -0.360 e. The van der Waals surface area contributed by atoms with Crippen molar-refractivity contribution in [3.63, 3.8) is 0 Å². The summed E-state index contributed by atoms with van der Waals surface area (Å²) in [6.07, 6.45) is -0.397. The number of carbonyl (C=O) groups is 3. The van der Waals surface area contributed by atoms with Crippen molar-refractivity contribution in [2.24, 2.45) is 0 Å². The number of amides is 4. The van der Waals surface area contributed by atoms with Gasteiger partial charge < -0.3 is 15.1 Å². The highest BCUT2D eigenvalue weighted by Gasteiger charge is 2.56. The van der Waals surface area contributed by atoms with Crippen LogP contribution in [0.15, 0.2) is 53.6 Å². The number of thioether (sulfide) groups is 1. The van der Waals surface area contributed by atoms with Gasteiger partial charge in [0.1, 0.15) is 11.2 Å². The summed E-state index contributed by atoms with van der Waals surface area (Å²) >= 11 is 1.43. The summed E-state index contributed by atoms with van der Waals surface area (Å²) in [7, 11) is 0. The number of nitrogens with zero attached hydrogens (tertiary/aromatic N) is 3. The van der Waals surface area contributed by atoms with Gasteiger partial charge in [-0.15, -0.1) is 0 Å². The summed E-state index contributed by atoms with van der Waals surface area (Å²) < 4.78 is 30.2. The summed E-state index contributed by atoms with van der Waals surface area (Å²) in [5.41, 5.74) is -0.901. The van der Waals surface area contributed by atoms with Crippen molar-refractivity contribution < 1.29 is 23.2 Å². The molecule has 10 heteroatoms. The number of fused-ring (bicyclic) bond motifs is 1. The first-order valence-electron chi connectivity index (χ1n) is 11.3. The Morgan fingerprint density at radius 2 is 1.69 bits per heavy atom. The molecule has 184 valence electrons. The van der Waals surface area contributed by atoms with E-state index < -0.39 is 47.1 Å². The minimum atomic E-state index is -1.45. The molecule has 2 atom stereocenters. The second kappa shape index (κ2) is 8.99. The Morgan fingerprint density at radius 3 is 2.33 bits per heavy atom. The van der Waals surface area contributed by atoms with Gasteiger partial charge in [0.25, 0.3) is 5.91 Å². The zero-order valence-corrected chi connectivity index (χ0v) is 20.4. The average Bonchev–Trinajstić information content (AvgIpc) is 3.27. The predicted molar refractivity (Wildman–Crippen MR) is 131 cm³/mol. The Hall–Kier alpha value is -3.84. The number of imide groups is 1. The van der Waals surface area contributed by atoms with E-state index in [1.807, 2.05) is 18.4 Å². The van der Waals surface area contributed by atoms with Crippen LogP contribution in [0.1, 0.15) is 31.4 Å². The van der Waals surface area contributed by atoms with Crippen LogP contribution in [0.4, 0.5) is 19.3 Å². The number of allylic oxidation sites excluding steroid dienone is 1. The van der Waals surface area contributed by atoms with Gasteiger partial charge >= 0.3 is 6.03 Å². The highest BCUT2D eigenvalue weighted by atomic mass is 32.2. The van der Waals surface area contributed by atoms with Crippen LogP contribution in [0, 0.1) is 23.5 Å². The van der Waals surface area contributed by atoms with Gasteiger partial charge in [0.15, 0.2) is 17.1 Å². The third kappa shape index (κ3) is 3.99. The number of benzene rings is 2. The number of piperazine rings is 1. The van der Waals surface area contributed by atoms with E-state index in [4.69, 9.17) is 0 Å². The summed E-state index contributed by atoms with van der Waals surface area (Å²) in [5.74, 6) is 2.09. The lowest BCUT2D eigenvalue weighted by atomic mass is 9.88. The zero-order chi connectivity index (χ0) is 25.6. The molecule has 0 saturated carbocycles. The molecule has 3 aliphatic heterocycles. The maximum absolute atomic E-state index is 15.1. The molecule has 0 spiro atoms. The molecule has 2 aromatic rings. The highest BCUT2D eigenvalue weighted by Crippen LogP contribution is 2.38. The van der Waals surface area contributed by atoms with Crippen LogP contribution in [0.25, 0.3) is 0 Å². The van der Waals surface area contributed by atoms with Crippen molar-refractivity contribution in [1.82, 2.24) is 15.1 Å². The molecular formula is C26H22F2N4O3S. The number of rotatable bonds is 2. The molecule has 2 fully saturated rings. The summed E-state index contributed by atoms with van der Waals surface area (Å²) in [6, 6.07) is 9.99. The molecular weight excluding hydrogens is 486 g/mol. The topological polar surface area (TPSA) is 73.0 Å². The molecule has 0 aliphatic carbocycles. The first kappa shape index (κ1) is 23.9. The number of hydrogen-bond acceptors (Lipinski definition) is 5. The standard InChI is InChI=1S/C26H22F2N4O3S/c1-16-15-36-24(29-16)30-10-11-31-25(35)32(21(33)14-26(31,2)23(30)34)22-19(27)12-18(13-20(22)28)9-8-17-6-4-3-5-7-17/h3-7,12-13,15,24,29H,10-11,14H2,1-2H3. The van der Waals surface area contributed by atoms with Crippen molar-refractivity contribution in [2.75, 3.05) is 18.0 Å². The van der Waals surface area contributed by atoms with Crippen LogP contribution in [-0.4, -0.2) is 51.8 Å². The summed E-state index contributed by atoms with van der Waals surface area (Å²) in [6.45, 7) is 3.73. The maximum atomic E-state index is 15.1. The first-order valence-corrected chi connectivity index (χ1v) is 12.2. The fourth-order valence-electron chi connectivity index (χ4n) is 4.60. The van der Waals surface area contributed by atoms with Gasteiger partial charge in [0.05, 0.1) is 6.42 Å². The van der Waals surface area contributed by atoms with E-state index in [0.717, 1.165) is 17.8 Å². The van der Waals surface area contributed by atoms with E-state index in [9.17, 15) is 14.4 Å². The number of anilines is 1. The Balaban J connectivity index is 1.42. The molecule has 36 heavy (non-hydrogen) atoms. The van der Waals surface area contributed by atoms with Crippen LogP contribution in [0.3, 0.4) is 0 Å². The molecule has 5 rings (SSSR count). The van der Waals surface area contributed by atoms with Gasteiger partial charge in [-0.2, -0.15) is 0 Å². The van der Waals surface area contributed by atoms with Crippen molar-refractivity contribution in [1.29, 1.82) is 0 Å². The van der Waals surface area contributed by atoms with Crippen molar-refractivity contribution in [3.8, 4) is 11.8 Å². The lowest BCUT2D eigenvalue weighted by Crippen LogP contribution is -2.73. The minimum absolute atomic E-state index is 0.0635. The third-order valence-electron chi connectivity index (χ3n) is 6.42. The van der Waals surface area contributed by atoms with Gasteiger partial charge in [-0.25, -0.2) is 18.5 Å². The number of hydrogen-bond donors (Lipinski definition) is 1. The van der Waals surface area contributed by atoms with Crippen molar-refractivity contribution in [3.05, 3.63) is 76.3 Å². The molecule has 4 amide bonds. The van der Waals surface area contributed by atoms with Crippen LogP contribution in [0.5, 0.6) is 0 Å². The maximum Gasteiger partial charge on any atom is 0.332 e. The third-order valence-corrected chi connectivity index (χ3v) is 7.54. The first-order chi connectivity index (χ1) is 17.2. The number of halogens is 2. The van der Waals surface area contributed by atoms with E-state index in [2.05, 4.69) is 17.2 Å². The normalized spacial score (nSPS) is 23.7. The van der Waals surface area contributed by atoms with Gasteiger partial charge in [0.2, 0.25) is 5.91 Å². The molecule has 2 aromatic carbocycles. The average molecular weight is 509 g/mol. The zero-order valence-electron chi connectivity index (χ0n) is 19.5. The summed E-state index contributed by atoms with van der Waals surface area (Å²) in [4.78, 5) is 43.2. The molecule has 0 radical (unpaired) electrons. The van der Waals surface area contributed by atoms with E-state index in [-0.39, 0.29) is 24.2 Å². The second-order valence-corrected chi connectivity index (χ2v) is 9.91. The SMILES string of the molecule is CC1=CSC(N2CCN3C(=O)N(c4c(F)cc(C#Cc5ccccc5)cc4F)C(=O)CC3(C)C2=O)N1. The largest absolute Gasteiger partial charge is 0.360 e. The van der Waals surface area contributed by atoms with Gasteiger partial charge in [-0.1, -0.05) is 41.8 Å². The van der Waals surface area contributed by atoms with Gasteiger partial charge in [0, 0.05) is 29.9 Å². The van der Waals surface area contributed by atoms with E-state index in [1.165, 1.54) is 23.6 Å². The van der Waals surface area contributed by atoms with Crippen LogP contribution in [-0.2, 0) is 9.59 Å². The molecule has 0 bridgehead atoms. The van der Waals surface area contributed by atoms with Gasteiger partial charge in [-0.3, -0.25) is 9.59 Å². The lowest BCUT2D eigenvalue weighted by molar-refractivity contribution is -0.152.